The highest BCUT2D eigenvalue weighted by molar-refractivity contribution is 6.41. The number of fused-ring (bicyclic) bond motifs is 1. The monoisotopic (exact) mass is 501 g/mol. The van der Waals surface area contributed by atoms with Crippen LogP contribution in [0.3, 0.4) is 0 Å². The van der Waals surface area contributed by atoms with E-state index in [0.717, 1.165) is 17.0 Å². The predicted octanol–water partition coefficient (Wildman–Crippen LogP) is 0.520. The van der Waals surface area contributed by atoms with Crippen LogP contribution in [0.2, 0.25) is 10.8 Å². The number of amides is 4. The highest BCUT2D eigenvalue weighted by Crippen LogP contribution is 2.38. The Morgan fingerprint density at radius 1 is 1.11 bits per heavy atom. The molecule has 1 fully saturated rings. The van der Waals surface area contributed by atoms with Crippen molar-refractivity contribution in [2.45, 2.75) is 35.5 Å². The molecule has 2 aromatic carbocycles. The van der Waals surface area contributed by atoms with E-state index in [2.05, 4.69) is 5.32 Å². The van der Waals surface area contributed by atoms with Crippen LogP contribution >= 0.6 is 11.6 Å². The molecule has 2 aliphatic heterocycles. The van der Waals surface area contributed by atoms with Crippen molar-refractivity contribution in [2.24, 2.45) is 0 Å². The topological polar surface area (TPSA) is 95.6 Å². The summed E-state index contributed by atoms with van der Waals surface area (Å²) in [5, 5.41) is 1.94. The first-order valence-corrected chi connectivity index (χ1v) is 10.9. The summed E-state index contributed by atoms with van der Waals surface area (Å²) in [7, 11) is 24.1. The number of rotatable bonds is 5. The Morgan fingerprint density at radius 2 is 1.72 bits per heavy atom. The molecule has 4 amide bonds. The zero-order chi connectivity index (χ0) is 26.6. The van der Waals surface area contributed by atoms with Crippen molar-refractivity contribution in [3.63, 3.8) is 0 Å². The lowest BCUT2D eigenvalue weighted by atomic mass is 9.55. The van der Waals surface area contributed by atoms with Crippen molar-refractivity contribution in [2.75, 3.05) is 0 Å². The standard InChI is InChI=1S/C22H14B4ClF2N3O4/c23-15-8-16(33)30-18(35)20(15,24)32-9-10-7-12(3-6-14(10)17(32)34)22(25,26)31-19(36)21(28,29)11-1-4-13(27)5-2-11/h1-7,15H,8-9H2,(H,31,36)(H,30,33,35)/t15?,20-/m1/s1. The van der Waals surface area contributed by atoms with Crippen molar-refractivity contribution >= 4 is 66.6 Å². The Balaban J connectivity index is 1.58. The highest BCUT2D eigenvalue weighted by atomic mass is 35.5. The first kappa shape index (κ1) is 26.0. The van der Waals surface area contributed by atoms with Gasteiger partial charge in [-0.2, -0.15) is 8.78 Å². The van der Waals surface area contributed by atoms with Gasteiger partial charge in [-0.1, -0.05) is 35.9 Å². The zero-order valence-corrected chi connectivity index (χ0v) is 19.3. The van der Waals surface area contributed by atoms with Gasteiger partial charge in [-0.15, -0.1) is 0 Å². The Kier molecular flexibility index (Phi) is 6.35. The van der Waals surface area contributed by atoms with E-state index in [1.54, 1.807) is 0 Å². The molecule has 0 aromatic heterocycles. The number of halogens is 3. The minimum atomic E-state index is -3.98. The molecule has 2 atom stereocenters. The number of nitrogens with one attached hydrogen (secondary N) is 2. The van der Waals surface area contributed by atoms with Gasteiger partial charge in [0.25, 0.3) is 11.8 Å². The third-order valence-electron chi connectivity index (χ3n) is 6.23. The van der Waals surface area contributed by atoms with Gasteiger partial charge in [0.15, 0.2) is 0 Å². The molecule has 0 bridgehead atoms. The average molecular weight is 501 g/mol. The van der Waals surface area contributed by atoms with Crippen molar-refractivity contribution in [3.05, 3.63) is 69.7 Å². The second kappa shape index (κ2) is 8.80. The largest absolute Gasteiger partial charge is 0.358 e. The van der Waals surface area contributed by atoms with Gasteiger partial charge in [0.1, 0.15) is 7.85 Å². The summed E-state index contributed by atoms with van der Waals surface area (Å²) in [6.07, 6.45) is -0.282. The molecule has 0 aliphatic carbocycles. The molecule has 0 spiro atoms. The van der Waals surface area contributed by atoms with Gasteiger partial charge in [-0.25, -0.2) is 0 Å². The van der Waals surface area contributed by atoms with Crippen LogP contribution in [0.25, 0.3) is 0 Å². The maximum Gasteiger partial charge on any atom is 0.349 e. The van der Waals surface area contributed by atoms with Crippen LogP contribution in [0.4, 0.5) is 8.78 Å². The molecule has 8 radical (unpaired) electrons. The van der Waals surface area contributed by atoms with Gasteiger partial charge in [-0.05, 0) is 40.5 Å². The van der Waals surface area contributed by atoms with Gasteiger partial charge in [0.2, 0.25) is 11.8 Å². The summed E-state index contributed by atoms with van der Waals surface area (Å²) >= 11 is 5.71. The van der Waals surface area contributed by atoms with Gasteiger partial charge in [0.05, 0.1) is 29.0 Å². The van der Waals surface area contributed by atoms with E-state index in [1.807, 2.05) is 5.32 Å². The van der Waals surface area contributed by atoms with E-state index in [0.29, 0.717) is 5.56 Å². The summed E-state index contributed by atoms with van der Waals surface area (Å²) in [4.78, 5) is 50.5. The van der Waals surface area contributed by atoms with E-state index >= 15 is 0 Å². The highest BCUT2D eigenvalue weighted by Gasteiger charge is 2.51. The average Bonchev–Trinajstić information content (AvgIpc) is 3.13. The molecule has 36 heavy (non-hydrogen) atoms. The lowest BCUT2D eigenvalue weighted by Crippen LogP contribution is -2.66. The van der Waals surface area contributed by atoms with Crippen molar-refractivity contribution in [3.8, 4) is 0 Å². The molecule has 14 heteroatoms. The summed E-state index contributed by atoms with van der Waals surface area (Å²) in [5.74, 6) is -9.11. The quantitative estimate of drug-likeness (QED) is 0.462. The van der Waals surface area contributed by atoms with Gasteiger partial charge < -0.3 is 10.2 Å². The zero-order valence-electron chi connectivity index (χ0n) is 18.6. The number of carbonyl (C=O) groups excluding carboxylic acids is 4. The Hall–Kier alpha value is -3.07. The number of piperidine rings is 1. The van der Waals surface area contributed by atoms with E-state index in [1.165, 1.54) is 30.3 Å². The molecule has 2 aromatic rings. The van der Waals surface area contributed by atoms with Crippen molar-refractivity contribution in [1.82, 2.24) is 15.5 Å². The molecule has 2 aliphatic rings. The molecular formula is C22H14B4ClF2N3O4. The minimum Gasteiger partial charge on any atom is -0.358 e. The number of nitrogens with zero attached hydrogens (tertiary/aromatic N) is 1. The minimum absolute atomic E-state index is 0.00482. The fraction of sp³-hybridized carbons (Fsp3) is 0.273. The van der Waals surface area contributed by atoms with Crippen LogP contribution in [0.15, 0.2) is 42.5 Å². The molecule has 1 saturated heterocycles. The van der Waals surface area contributed by atoms with Gasteiger partial charge in [0, 0.05) is 29.1 Å². The predicted molar refractivity (Wildman–Crippen MR) is 129 cm³/mol. The smallest absolute Gasteiger partial charge is 0.349 e. The van der Waals surface area contributed by atoms with E-state index in [9.17, 15) is 28.0 Å². The second-order valence-electron chi connectivity index (χ2n) is 8.68. The van der Waals surface area contributed by atoms with E-state index in [-0.39, 0.29) is 29.1 Å². The molecule has 7 nitrogen and oxygen atoms in total. The second-order valence-corrected chi connectivity index (χ2v) is 9.12. The van der Waals surface area contributed by atoms with Crippen LogP contribution in [-0.4, -0.2) is 65.4 Å². The number of benzene rings is 2. The lowest BCUT2D eigenvalue weighted by molar-refractivity contribution is -0.147. The molecule has 2 N–H and O–H groups in total. The third kappa shape index (κ3) is 4.23. The maximum absolute atomic E-state index is 14.7. The normalized spacial score (nSPS) is 22.2. The number of imide groups is 1. The Bertz CT molecular complexity index is 1290. The SMILES string of the molecule is [B]C1CC(=O)NC(=O)[C@]1([B])N1Cc2cc(C([B])([B])NC(=O)C(F)(F)c3ccc(Cl)cc3)ccc2C1=O. The number of alkyl halides is 2. The van der Waals surface area contributed by atoms with Crippen LogP contribution in [0.1, 0.15) is 33.5 Å². The molecule has 2 heterocycles. The summed E-state index contributed by atoms with van der Waals surface area (Å²) in [5.41, 5.74) is -2.20. The fourth-order valence-electron chi connectivity index (χ4n) is 4.13. The molecular weight excluding hydrogens is 487 g/mol. The summed E-state index contributed by atoms with van der Waals surface area (Å²) in [6, 6.07) is 8.31. The molecule has 0 saturated carbocycles. The first-order valence-electron chi connectivity index (χ1n) is 10.6. The number of hydrogen-bond acceptors (Lipinski definition) is 4. The van der Waals surface area contributed by atoms with Crippen molar-refractivity contribution in [1.29, 1.82) is 0 Å². The summed E-state index contributed by atoms with van der Waals surface area (Å²) < 4.78 is 29.4. The van der Waals surface area contributed by atoms with E-state index in [4.69, 9.17) is 43.0 Å². The van der Waals surface area contributed by atoms with Crippen LogP contribution < -0.4 is 10.6 Å². The first-order chi connectivity index (χ1) is 16.7. The fourth-order valence-corrected chi connectivity index (χ4v) is 4.26. The molecule has 4 rings (SSSR count). The number of hydrogen-bond donors (Lipinski definition) is 2. The summed E-state index contributed by atoms with van der Waals surface area (Å²) in [6.45, 7) is -0.210. The molecule has 1 unspecified atom stereocenters. The Morgan fingerprint density at radius 3 is 2.33 bits per heavy atom. The van der Waals surface area contributed by atoms with Crippen LogP contribution in [0, 0.1) is 0 Å². The van der Waals surface area contributed by atoms with Crippen LogP contribution in [-0.2, 0) is 32.2 Å². The van der Waals surface area contributed by atoms with Crippen molar-refractivity contribution < 1.29 is 28.0 Å². The van der Waals surface area contributed by atoms with Gasteiger partial charge in [-0.3, -0.25) is 24.5 Å². The number of carbonyl (C=O) groups is 4. The van der Waals surface area contributed by atoms with Gasteiger partial charge >= 0.3 is 5.92 Å². The lowest BCUT2D eigenvalue weighted by Gasteiger charge is -2.45. The maximum atomic E-state index is 14.7. The molecule has 174 valence electrons. The van der Waals surface area contributed by atoms with Crippen LogP contribution in [0.5, 0.6) is 0 Å². The van der Waals surface area contributed by atoms with E-state index < -0.39 is 51.7 Å². The third-order valence-corrected chi connectivity index (χ3v) is 6.49. The Labute approximate surface area is 215 Å².